The summed E-state index contributed by atoms with van der Waals surface area (Å²) in [6, 6.07) is 0. The molecular formula is C15H22O. The van der Waals surface area contributed by atoms with E-state index < -0.39 is 0 Å². The molecule has 16 heavy (non-hydrogen) atoms. The van der Waals surface area contributed by atoms with Gasteiger partial charge in [0.05, 0.1) is 6.10 Å². The van der Waals surface area contributed by atoms with Gasteiger partial charge in [-0.05, 0) is 44.1 Å². The van der Waals surface area contributed by atoms with Gasteiger partial charge in [-0.3, -0.25) is 0 Å². The van der Waals surface area contributed by atoms with Crippen LogP contribution in [0.5, 0.6) is 0 Å². The van der Waals surface area contributed by atoms with Gasteiger partial charge in [-0.1, -0.05) is 37.3 Å². The Labute approximate surface area is 98.6 Å². The van der Waals surface area contributed by atoms with Crippen LogP contribution in [0.2, 0.25) is 0 Å². The molecule has 0 unspecified atom stereocenters. The molecule has 1 N–H and O–H groups in total. The van der Waals surface area contributed by atoms with Crippen molar-refractivity contribution in [3.8, 4) is 0 Å². The Balaban J connectivity index is 2.37. The number of hydrogen-bond acceptors (Lipinski definition) is 1. The largest absolute Gasteiger partial charge is 0.388 e. The van der Waals surface area contributed by atoms with Crippen LogP contribution in [0.15, 0.2) is 36.0 Å². The summed E-state index contributed by atoms with van der Waals surface area (Å²) in [6.45, 7) is 12.4. The van der Waals surface area contributed by atoms with Crippen LogP contribution >= 0.6 is 0 Å². The third kappa shape index (κ3) is 1.67. The monoisotopic (exact) mass is 218 g/mol. The topological polar surface area (TPSA) is 20.2 Å². The second-order valence-electron chi connectivity index (χ2n) is 5.69. The van der Waals surface area contributed by atoms with Crippen LogP contribution < -0.4 is 0 Å². The molecule has 3 atom stereocenters. The van der Waals surface area contributed by atoms with E-state index in [1.165, 1.54) is 17.6 Å². The molecule has 1 heteroatoms. The maximum atomic E-state index is 10.3. The fraction of sp³-hybridized carbons (Fsp3) is 0.600. The molecule has 0 amide bonds. The van der Waals surface area contributed by atoms with Crippen LogP contribution in [0.3, 0.4) is 0 Å². The Morgan fingerprint density at radius 1 is 1.56 bits per heavy atom. The molecule has 2 rings (SSSR count). The minimum atomic E-state index is -0.338. The van der Waals surface area contributed by atoms with Gasteiger partial charge in [0.1, 0.15) is 0 Å². The second-order valence-corrected chi connectivity index (χ2v) is 5.69. The van der Waals surface area contributed by atoms with Crippen LogP contribution in [0.25, 0.3) is 0 Å². The van der Waals surface area contributed by atoms with Crippen molar-refractivity contribution >= 4 is 0 Å². The SMILES string of the molecule is C=C(C)C1=C[C@@H](O)[C@@]2(C)CCCC(=C)[C@@H]2C1. The van der Waals surface area contributed by atoms with Crippen molar-refractivity contribution in [2.75, 3.05) is 0 Å². The van der Waals surface area contributed by atoms with Crippen molar-refractivity contribution in [2.24, 2.45) is 11.3 Å². The standard InChI is InChI=1S/C15H22O/c1-10(2)12-8-13-11(3)6-5-7-15(13,4)14(16)9-12/h9,13-14,16H,1,3,5-8H2,2,4H3/t13-,14+,15-/m0/s1. The zero-order chi connectivity index (χ0) is 11.9. The van der Waals surface area contributed by atoms with E-state index in [1.54, 1.807) is 0 Å². The molecule has 2 aliphatic rings. The Morgan fingerprint density at radius 3 is 2.88 bits per heavy atom. The first-order chi connectivity index (χ1) is 7.45. The highest BCUT2D eigenvalue weighted by Gasteiger charge is 2.45. The van der Waals surface area contributed by atoms with E-state index in [4.69, 9.17) is 0 Å². The molecule has 0 aromatic heterocycles. The quantitative estimate of drug-likeness (QED) is 0.666. The molecule has 0 aliphatic heterocycles. The normalized spacial score (nSPS) is 38.9. The molecule has 0 radical (unpaired) electrons. The minimum absolute atomic E-state index is 0.00822. The van der Waals surface area contributed by atoms with Gasteiger partial charge >= 0.3 is 0 Å². The van der Waals surface area contributed by atoms with Gasteiger partial charge in [-0.25, -0.2) is 0 Å². The number of aliphatic hydroxyl groups is 1. The summed E-state index contributed by atoms with van der Waals surface area (Å²) in [4.78, 5) is 0. The lowest BCUT2D eigenvalue weighted by atomic mass is 9.58. The molecule has 1 fully saturated rings. The summed E-state index contributed by atoms with van der Waals surface area (Å²) in [5.74, 6) is 0.438. The van der Waals surface area contributed by atoms with Gasteiger partial charge in [-0.15, -0.1) is 0 Å². The predicted octanol–water partition coefficient (Wildman–Crippen LogP) is 3.62. The molecule has 0 aromatic rings. The van der Waals surface area contributed by atoms with E-state index in [0.717, 1.165) is 24.8 Å². The zero-order valence-electron chi connectivity index (χ0n) is 10.4. The van der Waals surface area contributed by atoms with E-state index >= 15 is 0 Å². The van der Waals surface area contributed by atoms with Gasteiger partial charge in [0.15, 0.2) is 0 Å². The van der Waals surface area contributed by atoms with Crippen molar-refractivity contribution in [1.82, 2.24) is 0 Å². The van der Waals surface area contributed by atoms with E-state index in [1.807, 2.05) is 13.0 Å². The third-order valence-electron chi connectivity index (χ3n) is 4.51. The molecule has 0 bridgehead atoms. The van der Waals surface area contributed by atoms with Crippen molar-refractivity contribution in [3.05, 3.63) is 36.0 Å². The summed E-state index contributed by atoms with van der Waals surface area (Å²) < 4.78 is 0. The van der Waals surface area contributed by atoms with Crippen LogP contribution in [-0.2, 0) is 0 Å². The van der Waals surface area contributed by atoms with E-state index in [0.29, 0.717) is 5.92 Å². The highest BCUT2D eigenvalue weighted by molar-refractivity contribution is 5.34. The summed E-state index contributed by atoms with van der Waals surface area (Å²) in [5, 5.41) is 10.3. The molecule has 0 heterocycles. The smallest absolute Gasteiger partial charge is 0.0786 e. The minimum Gasteiger partial charge on any atom is -0.388 e. The summed E-state index contributed by atoms with van der Waals surface area (Å²) in [7, 11) is 0. The number of rotatable bonds is 1. The number of allylic oxidation sites excluding steroid dienone is 3. The highest BCUT2D eigenvalue weighted by atomic mass is 16.3. The summed E-state index contributed by atoms with van der Waals surface area (Å²) in [6.07, 6.45) is 6.09. The second kappa shape index (κ2) is 3.89. The van der Waals surface area contributed by atoms with E-state index in [9.17, 15) is 5.11 Å². The van der Waals surface area contributed by atoms with Crippen molar-refractivity contribution in [3.63, 3.8) is 0 Å². The first-order valence-corrected chi connectivity index (χ1v) is 6.17. The van der Waals surface area contributed by atoms with Crippen molar-refractivity contribution < 1.29 is 5.11 Å². The Bertz CT molecular complexity index is 364. The van der Waals surface area contributed by atoms with Crippen LogP contribution in [0.1, 0.15) is 39.5 Å². The Kier molecular flexibility index (Phi) is 2.83. The first-order valence-electron chi connectivity index (χ1n) is 6.17. The lowest BCUT2D eigenvalue weighted by Crippen LogP contribution is -2.44. The highest BCUT2D eigenvalue weighted by Crippen LogP contribution is 2.52. The Hall–Kier alpha value is -0.820. The van der Waals surface area contributed by atoms with Gasteiger partial charge in [-0.2, -0.15) is 0 Å². The lowest BCUT2D eigenvalue weighted by Gasteiger charge is -2.48. The number of hydrogen-bond donors (Lipinski definition) is 1. The van der Waals surface area contributed by atoms with E-state index in [-0.39, 0.29) is 11.5 Å². The number of fused-ring (bicyclic) bond motifs is 1. The van der Waals surface area contributed by atoms with Crippen LogP contribution in [0, 0.1) is 11.3 Å². The summed E-state index contributed by atoms with van der Waals surface area (Å²) >= 11 is 0. The average Bonchev–Trinajstić information content (AvgIpc) is 2.20. The van der Waals surface area contributed by atoms with E-state index in [2.05, 4.69) is 20.1 Å². The number of aliphatic hydroxyl groups excluding tert-OH is 1. The molecule has 2 aliphatic carbocycles. The van der Waals surface area contributed by atoms with Gasteiger partial charge in [0.25, 0.3) is 0 Å². The molecule has 88 valence electrons. The third-order valence-corrected chi connectivity index (χ3v) is 4.51. The van der Waals surface area contributed by atoms with Crippen molar-refractivity contribution in [2.45, 2.75) is 45.6 Å². The molecular weight excluding hydrogens is 196 g/mol. The Morgan fingerprint density at radius 2 is 2.25 bits per heavy atom. The molecule has 1 saturated carbocycles. The summed E-state index contributed by atoms with van der Waals surface area (Å²) in [5.41, 5.74) is 3.63. The van der Waals surface area contributed by atoms with Crippen molar-refractivity contribution in [1.29, 1.82) is 0 Å². The molecule has 1 nitrogen and oxygen atoms in total. The first kappa shape index (κ1) is 11.7. The molecule has 0 spiro atoms. The lowest BCUT2D eigenvalue weighted by molar-refractivity contribution is 0.00784. The maximum Gasteiger partial charge on any atom is 0.0786 e. The average molecular weight is 218 g/mol. The maximum absolute atomic E-state index is 10.3. The predicted molar refractivity (Wildman–Crippen MR) is 68.1 cm³/mol. The molecule has 0 aromatic carbocycles. The van der Waals surface area contributed by atoms with Gasteiger partial charge < -0.3 is 5.11 Å². The van der Waals surface area contributed by atoms with Crippen LogP contribution in [0.4, 0.5) is 0 Å². The van der Waals surface area contributed by atoms with Gasteiger partial charge in [0, 0.05) is 5.41 Å². The molecule has 0 saturated heterocycles. The zero-order valence-corrected chi connectivity index (χ0v) is 10.4. The fourth-order valence-corrected chi connectivity index (χ4v) is 3.23. The van der Waals surface area contributed by atoms with Crippen LogP contribution in [-0.4, -0.2) is 11.2 Å². The van der Waals surface area contributed by atoms with Gasteiger partial charge in [0.2, 0.25) is 0 Å². The fourth-order valence-electron chi connectivity index (χ4n) is 3.23.